The zero-order valence-electron chi connectivity index (χ0n) is 21.6. The van der Waals surface area contributed by atoms with Gasteiger partial charge >= 0.3 is 0 Å². The maximum atomic E-state index is 11.4. The lowest BCUT2D eigenvalue weighted by Gasteiger charge is -2.24. The number of thioether (sulfide) groups is 1. The van der Waals surface area contributed by atoms with Gasteiger partial charge < -0.3 is 16.1 Å². The van der Waals surface area contributed by atoms with Gasteiger partial charge in [0.05, 0.1) is 6.04 Å². The van der Waals surface area contributed by atoms with E-state index >= 15 is 0 Å². The SMILES string of the molecule is C=C(NC(C)CSC/C=C(/CC/C=C(\C)CCC=C(C)C)NNC=O)C(CCC)NC(C)=O. The molecule has 2 amide bonds. The van der Waals surface area contributed by atoms with E-state index in [9.17, 15) is 9.59 Å². The van der Waals surface area contributed by atoms with E-state index in [-0.39, 0.29) is 18.0 Å². The van der Waals surface area contributed by atoms with E-state index < -0.39 is 0 Å². The van der Waals surface area contributed by atoms with Crippen molar-refractivity contribution in [3.8, 4) is 0 Å². The van der Waals surface area contributed by atoms with Crippen LogP contribution in [0.25, 0.3) is 0 Å². The fourth-order valence-electron chi connectivity index (χ4n) is 3.23. The molecule has 7 heteroatoms. The van der Waals surface area contributed by atoms with E-state index in [4.69, 9.17) is 0 Å². The van der Waals surface area contributed by atoms with Crippen LogP contribution < -0.4 is 21.5 Å². The summed E-state index contributed by atoms with van der Waals surface area (Å²) in [7, 11) is 0. The number of amides is 2. The predicted molar refractivity (Wildman–Crippen MR) is 144 cm³/mol. The molecule has 0 fully saturated rings. The highest BCUT2D eigenvalue weighted by atomic mass is 32.2. The molecule has 0 aliphatic rings. The molecule has 0 aromatic carbocycles. The molecule has 0 heterocycles. The maximum absolute atomic E-state index is 11.4. The summed E-state index contributed by atoms with van der Waals surface area (Å²) in [6.45, 7) is 16.3. The first kappa shape index (κ1) is 30.9. The Balaban J connectivity index is 4.53. The zero-order valence-corrected chi connectivity index (χ0v) is 22.4. The number of carbonyl (C=O) groups excluding carboxylic acids is 2. The predicted octanol–water partition coefficient (Wildman–Crippen LogP) is 5.12. The molecule has 0 saturated carbocycles. The second-order valence-corrected chi connectivity index (χ2v) is 9.75. The summed E-state index contributed by atoms with van der Waals surface area (Å²) >= 11 is 1.81. The number of nitrogens with one attached hydrogen (secondary N) is 4. The van der Waals surface area contributed by atoms with Crippen LogP contribution in [0, 0.1) is 0 Å². The molecule has 0 aromatic heterocycles. The molecular weight excluding hydrogens is 432 g/mol. The first-order chi connectivity index (χ1) is 15.7. The van der Waals surface area contributed by atoms with E-state index in [1.165, 1.54) is 18.1 Å². The van der Waals surface area contributed by atoms with Crippen molar-refractivity contribution in [2.75, 3.05) is 11.5 Å². The molecule has 0 radical (unpaired) electrons. The van der Waals surface area contributed by atoms with Gasteiger partial charge in [0, 0.05) is 35.9 Å². The van der Waals surface area contributed by atoms with Gasteiger partial charge in [-0.25, -0.2) is 0 Å². The third-order valence-electron chi connectivity index (χ3n) is 4.91. The molecular formula is C26H46N4O2S. The Kier molecular flexibility index (Phi) is 18.1. The molecule has 6 nitrogen and oxygen atoms in total. The van der Waals surface area contributed by atoms with E-state index in [2.05, 4.69) is 80.9 Å². The molecule has 0 saturated heterocycles. The summed E-state index contributed by atoms with van der Waals surface area (Å²) in [5, 5.41) is 6.39. The van der Waals surface area contributed by atoms with Gasteiger partial charge in [0.1, 0.15) is 0 Å². The topological polar surface area (TPSA) is 82.3 Å². The minimum absolute atomic E-state index is 0.0366. The van der Waals surface area contributed by atoms with Crippen molar-refractivity contribution < 1.29 is 9.59 Å². The summed E-state index contributed by atoms with van der Waals surface area (Å²) in [5.41, 5.74) is 10.2. The number of allylic oxidation sites excluding steroid dienone is 5. The number of carbonyl (C=O) groups is 2. The van der Waals surface area contributed by atoms with Gasteiger partial charge in [-0.15, -0.1) is 0 Å². The monoisotopic (exact) mass is 478 g/mol. The van der Waals surface area contributed by atoms with Gasteiger partial charge in [-0.1, -0.05) is 49.3 Å². The standard InChI is InChI=1S/C26H46N4O2S/c1-8-11-26(29-24(7)32)23(6)28-22(5)18-33-17-16-25(30-27-19-31)15-10-14-21(4)13-9-12-20(2)3/h12,14,16,19,22,26,28,30H,6,8-11,13,15,17-18H2,1-5,7H3,(H,27,31)(H,29,32)/b21-14+,25-16-. The largest absolute Gasteiger partial charge is 0.384 e. The molecule has 0 aromatic rings. The van der Waals surface area contributed by atoms with Crippen molar-refractivity contribution in [1.29, 1.82) is 0 Å². The van der Waals surface area contributed by atoms with Crippen molar-refractivity contribution in [2.45, 2.75) is 92.2 Å². The van der Waals surface area contributed by atoms with E-state index in [0.717, 1.165) is 61.4 Å². The molecule has 0 aliphatic carbocycles. The summed E-state index contributed by atoms with van der Waals surface area (Å²) < 4.78 is 0. The number of hydrogen-bond acceptors (Lipinski definition) is 5. The molecule has 4 N–H and O–H groups in total. The van der Waals surface area contributed by atoms with Crippen molar-refractivity contribution in [3.05, 3.63) is 47.3 Å². The third-order valence-corrected chi connectivity index (χ3v) is 6.05. The van der Waals surface area contributed by atoms with Crippen LogP contribution in [0.2, 0.25) is 0 Å². The van der Waals surface area contributed by atoms with Crippen molar-refractivity contribution in [1.82, 2.24) is 21.5 Å². The lowest BCUT2D eigenvalue weighted by molar-refractivity contribution is -0.119. The van der Waals surface area contributed by atoms with Crippen LogP contribution in [-0.2, 0) is 9.59 Å². The minimum Gasteiger partial charge on any atom is -0.384 e. The zero-order chi connectivity index (χ0) is 25.1. The minimum atomic E-state index is -0.0383. The van der Waals surface area contributed by atoms with E-state index in [1.54, 1.807) is 0 Å². The van der Waals surface area contributed by atoms with Gasteiger partial charge in [-0.2, -0.15) is 11.8 Å². The Bertz CT molecular complexity index is 682. The van der Waals surface area contributed by atoms with Crippen molar-refractivity contribution in [3.63, 3.8) is 0 Å². The van der Waals surface area contributed by atoms with Gasteiger partial charge in [-0.3, -0.25) is 15.0 Å². The second-order valence-electron chi connectivity index (χ2n) is 8.68. The van der Waals surface area contributed by atoms with Crippen molar-refractivity contribution in [2.24, 2.45) is 0 Å². The highest BCUT2D eigenvalue weighted by Crippen LogP contribution is 2.13. The quantitative estimate of drug-likeness (QED) is 0.0896. The fourth-order valence-corrected chi connectivity index (χ4v) is 4.13. The summed E-state index contributed by atoms with van der Waals surface area (Å²) in [4.78, 5) is 22.1. The number of hydrazine groups is 1. The Labute approximate surface area is 206 Å². The van der Waals surface area contributed by atoms with Gasteiger partial charge in [0.2, 0.25) is 12.3 Å². The lowest BCUT2D eigenvalue weighted by Crippen LogP contribution is -2.41. The smallest absolute Gasteiger partial charge is 0.225 e. The maximum Gasteiger partial charge on any atom is 0.225 e. The molecule has 33 heavy (non-hydrogen) atoms. The van der Waals surface area contributed by atoms with E-state index in [1.807, 2.05) is 11.8 Å². The third kappa shape index (κ3) is 18.0. The molecule has 0 spiro atoms. The Hall–Kier alpha value is -2.15. The van der Waals surface area contributed by atoms with Crippen LogP contribution in [0.5, 0.6) is 0 Å². The normalized spacial score (nSPS) is 13.5. The number of rotatable bonds is 19. The van der Waals surface area contributed by atoms with Crippen LogP contribution in [0.1, 0.15) is 80.1 Å². The second kappa shape index (κ2) is 19.3. The molecule has 0 rings (SSSR count). The summed E-state index contributed by atoms with van der Waals surface area (Å²) in [6.07, 6.45) is 13.1. The molecule has 0 bridgehead atoms. The van der Waals surface area contributed by atoms with Gasteiger partial charge in [0.25, 0.3) is 0 Å². The summed E-state index contributed by atoms with van der Waals surface area (Å²) in [6, 6.07) is 0.198. The molecule has 2 unspecified atom stereocenters. The van der Waals surface area contributed by atoms with Crippen LogP contribution >= 0.6 is 11.8 Å². The van der Waals surface area contributed by atoms with Crippen LogP contribution in [0.3, 0.4) is 0 Å². The summed E-state index contributed by atoms with van der Waals surface area (Å²) in [5.74, 6) is 1.71. The van der Waals surface area contributed by atoms with E-state index in [0.29, 0.717) is 6.41 Å². The molecule has 188 valence electrons. The molecule has 2 atom stereocenters. The average molecular weight is 479 g/mol. The van der Waals surface area contributed by atoms with Crippen LogP contribution in [-0.4, -0.2) is 35.9 Å². The first-order valence-corrected chi connectivity index (χ1v) is 13.1. The van der Waals surface area contributed by atoms with Crippen LogP contribution in [0.15, 0.2) is 47.3 Å². The fraction of sp³-hybridized carbons (Fsp3) is 0.615. The Morgan fingerprint density at radius 3 is 2.33 bits per heavy atom. The lowest BCUT2D eigenvalue weighted by atomic mass is 10.1. The van der Waals surface area contributed by atoms with Gasteiger partial charge in [-0.05, 0) is 59.8 Å². The Morgan fingerprint density at radius 1 is 1.03 bits per heavy atom. The molecule has 0 aliphatic heterocycles. The first-order valence-electron chi connectivity index (χ1n) is 11.9. The highest BCUT2D eigenvalue weighted by Gasteiger charge is 2.14. The van der Waals surface area contributed by atoms with Crippen LogP contribution in [0.4, 0.5) is 0 Å². The highest BCUT2D eigenvalue weighted by molar-refractivity contribution is 7.99. The van der Waals surface area contributed by atoms with Gasteiger partial charge in [0.15, 0.2) is 0 Å². The Morgan fingerprint density at radius 2 is 1.73 bits per heavy atom. The van der Waals surface area contributed by atoms with Crippen molar-refractivity contribution >= 4 is 24.1 Å². The number of hydrogen-bond donors (Lipinski definition) is 4. The average Bonchev–Trinajstić information content (AvgIpc) is 2.73.